The summed E-state index contributed by atoms with van der Waals surface area (Å²) in [4.78, 5) is 0. The number of halogens is 1. The van der Waals surface area contributed by atoms with Crippen LogP contribution in [0.1, 0.15) is 36.9 Å². The zero-order chi connectivity index (χ0) is 13.3. The highest BCUT2D eigenvalue weighted by Gasteiger charge is 2.31. The third kappa shape index (κ3) is 2.87. The molecule has 0 amide bonds. The van der Waals surface area contributed by atoms with E-state index < -0.39 is 5.79 Å². The molecule has 0 radical (unpaired) electrons. The van der Waals surface area contributed by atoms with Crippen LogP contribution in [0.25, 0.3) is 0 Å². The number of nitrogens with one attached hydrogen (secondary N) is 1. The third-order valence-electron chi connectivity index (χ3n) is 3.99. The highest BCUT2D eigenvalue weighted by atomic mass is 79.9. The van der Waals surface area contributed by atoms with E-state index in [0.717, 1.165) is 39.0 Å². The molecule has 1 aliphatic heterocycles. The standard InChI is InChI=1S/C15H20BrNO2/c1-15(18-8-3-9-19-15)10-17-14-7-6-11-12(14)4-2-5-13(11)16/h2,4-5,14,17H,3,6-10H2,1H3. The molecule has 1 atom stereocenters. The Morgan fingerprint density at radius 1 is 1.37 bits per heavy atom. The monoisotopic (exact) mass is 325 g/mol. The smallest absolute Gasteiger partial charge is 0.177 e. The van der Waals surface area contributed by atoms with Gasteiger partial charge >= 0.3 is 0 Å². The van der Waals surface area contributed by atoms with Crippen molar-refractivity contribution >= 4 is 15.9 Å². The van der Waals surface area contributed by atoms with Gasteiger partial charge in [0.2, 0.25) is 0 Å². The van der Waals surface area contributed by atoms with Crippen molar-refractivity contribution in [3.05, 3.63) is 33.8 Å². The van der Waals surface area contributed by atoms with Gasteiger partial charge in [-0.3, -0.25) is 0 Å². The van der Waals surface area contributed by atoms with Crippen molar-refractivity contribution < 1.29 is 9.47 Å². The number of hydrogen-bond donors (Lipinski definition) is 1. The van der Waals surface area contributed by atoms with E-state index in [1.165, 1.54) is 15.6 Å². The molecule has 1 unspecified atom stereocenters. The summed E-state index contributed by atoms with van der Waals surface area (Å²) in [5, 5.41) is 3.60. The van der Waals surface area contributed by atoms with Crippen molar-refractivity contribution in [2.24, 2.45) is 0 Å². The molecule has 3 rings (SSSR count). The van der Waals surface area contributed by atoms with Crippen LogP contribution in [-0.2, 0) is 15.9 Å². The molecule has 1 heterocycles. The van der Waals surface area contributed by atoms with Gasteiger partial charge in [0.25, 0.3) is 0 Å². The Hall–Kier alpha value is -0.420. The second kappa shape index (κ2) is 5.52. The van der Waals surface area contributed by atoms with E-state index in [0.29, 0.717) is 6.04 Å². The average Bonchev–Trinajstić information content (AvgIpc) is 2.82. The van der Waals surface area contributed by atoms with E-state index in [9.17, 15) is 0 Å². The highest BCUT2D eigenvalue weighted by Crippen LogP contribution is 2.35. The van der Waals surface area contributed by atoms with Crippen LogP contribution in [0.2, 0.25) is 0 Å². The molecule has 1 aromatic carbocycles. The summed E-state index contributed by atoms with van der Waals surface area (Å²) in [5.41, 5.74) is 2.85. The van der Waals surface area contributed by atoms with Gasteiger partial charge < -0.3 is 14.8 Å². The van der Waals surface area contributed by atoms with Gasteiger partial charge in [0.05, 0.1) is 13.2 Å². The van der Waals surface area contributed by atoms with Crippen molar-refractivity contribution in [3.63, 3.8) is 0 Å². The Labute approximate surface area is 122 Å². The van der Waals surface area contributed by atoms with E-state index in [-0.39, 0.29) is 0 Å². The number of hydrogen-bond acceptors (Lipinski definition) is 3. The molecule has 1 aromatic rings. The molecule has 0 bridgehead atoms. The molecule has 2 aliphatic rings. The van der Waals surface area contributed by atoms with Gasteiger partial charge in [0, 0.05) is 17.1 Å². The summed E-state index contributed by atoms with van der Waals surface area (Å²) in [5.74, 6) is -0.465. The first-order valence-corrected chi connectivity index (χ1v) is 7.76. The summed E-state index contributed by atoms with van der Waals surface area (Å²) in [6.45, 7) is 4.36. The molecular formula is C15H20BrNO2. The molecule has 1 fully saturated rings. The van der Waals surface area contributed by atoms with E-state index in [4.69, 9.17) is 9.47 Å². The maximum absolute atomic E-state index is 5.74. The molecule has 0 spiro atoms. The molecule has 1 aliphatic carbocycles. The first kappa shape index (κ1) is 13.6. The molecule has 0 aromatic heterocycles. The van der Waals surface area contributed by atoms with Crippen LogP contribution >= 0.6 is 15.9 Å². The molecule has 4 heteroatoms. The average molecular weight is 326 g/mol. The van der Waals surface area contributed by atoms with Crippen LogP contribution in [0.5, 0.6) is 0 Å². The zero-order valence-electron chi connectivity index (χ0n) is 11.2. The van der Waals surface area contributed by atoms with Gasteiger partial charge in [0.1, 0.15) is 0 Å². The van der Waals surface area contributed by atoms with Crippen LogP contribution < -0.4 is 5.32 Å². The van der Waals surface area contributed by atoms with Gasteiger partial charge in [-0.25, -0.2) is 0 Å². The summed E-state index contributed by atoms with van der Waals surface area (Å²) >= 11 is 3.64. The van der Waals surface area contributed by atoms with Crippen LogP contribution in [0, 0.1) is 0 Å². The van der Waals surface area contributed by atoms with Crippen molar-refractivity contribution in [2.75, 3.05) is 19.8 Å². The van der Waals surface area contributed by atoms with Crippen molar-refractivity contribution in [3.8, 4) is 0 Å². The largest absolute Gasteiger partial charge is 0.349 e. The van der Waals surface area contributed by atoms with Crippen LogP contribution in [0.15, 0.2) is 22.7 Å². The van der Waals surface area contributed by atoms with E-state index >= 15 is 0 Å². The topological polar surface area (TPSA) is 30.5 Å². The van der Waals surface area contributed by atoms with Crippen molar-refractivity contribution in [1.29, 1.82) is 0 Å². The zero-order valence-corrected chi connectivity index (χ0v) is 12.8. The lowest BCUT2D eigenvalue weighted by Crippen LogP contribution is -2.46. The lowest BCUT2D eigenvalue weighted by molar-refractivity contribution is -0.252. The fourth-order valence-corrected chi connectivity index (χ4v) is 3.49. The van der Waals surface area contributed by atoms with E-state index in [2.05, 4.69) is 39.4 Å². The quantitative estimate of drug-likeness (QED) is 0.925. The maximum Gasteiger partial charge on any atom is 0.177 e. The number of fused-ring (bicyclic) bond motifs is 1. The highest BCUT2D eigenvalue weighted by molar-refractivity contribution is 9.10. The van der Waals surface area contributed by atoms with Gasteiger partial charge in [-0.05, 0) is 43.4 Å². The predicted octanol–water partition coefficient (Wildman–Crippen LogP) is 3.18. The summed E-state index contributed by atoms with van der Waals surface area (Å²) in [6.07, 6.45) is 3.27. The van der Waals surface area contributed by atoms with Gasteiger partial charge in [0.15, 0.2) is 5.79 Å². The Kier molecular flexibility index (Phi) is 3.94. The molecular weight excluding hydrogens is 306 g/mol. The lowest BCUT2D eigenvalue weighted by Gasteiger charge is -2.35. The summed E-state index contributed by atoms with van der Waals surface area (Å²) in [7, 11) is 0. The Morgan fingerprint density at radius 3 is 2.95 bits per heavy atom. The van der Waals surface area contributed by atoms with Gasteiger partial charge in [-0.15, -0.1) is 0 Å². The normalized spacial score (nSPS) is 25.3. The molecule has 1 N–H and O–H groups in total. The Morgan fingerprint density at radius 2 is 2.16 bits per heavy atom. The lowest BCUT2D eigenvalue weighted by atomic mass is 10.1. The SMILES string of the molecule is CC1(CNC2CCc3c(Br)cccc32)OCCCO1. The Balaban J connectivity index is 1.65. The molecule has 19 heavy (non-hydrogen) atoms. The fourth-order valence-electron chi connectivity index (χ4n) is 2.91. The van der Waals surface area contributed by atoms with Crippen LogP contribution in [0.3, 0.4) is 0 Å². The number of ether oxygens (including phenoxy) is 2. The van der Waals surface area contributed by atoms with Gasteiger partial charge in [-0.2, -0.15) is 0 Å². The number of rotatable bonds is 3. The number of benzene rings is 1. The molecule has 3 nitrogen and oxygen atoms in total. The minimum Gasteiger partial charge on any atom is -0.349 e. The first-order valence-electron chi connectivity index (χ1n) is 6.96. The molecule has 104 valence electrons. The molecule has 0 saturated carbocycles. The first-order chi connectivity index (χ1) is 9.18. The second-order valence-corrected chi connectivity index (χ2v) is 6.32. The van der Waals surface area contributed by atoms with Crippen molar-refractivity contribution in [2.45, 2.75) is 38.0 Å². The Bertz CT molecular complexity index is 457. The molecule has 1 saturated heterocycles. The second-order valence-electron chi connectivity index (χ2n) is 5.46. The predicted molar refractivity (Wildman–Crippen MR) is 78.1 cm³/mol. The summed E-state index contributed by atoms with van der Waals surface area (Å²) < 4.78 is 12.7. The minimum atomic E-state index is -0.465. The van der Waals surface area contributed by atoms with E-state index in [1.807, 2.05) is 6.92 Å². The van der Waals surface area contributed by atoms with Gasteiger partial charge in [-0.1, -0.05) is 28.1 Å². The fraction of sp³-hybridized carbons (Fsp3) is 0.600. The maximum atomic E-state index is 5.74. The van der Waals surface area contributed by atoms with E-state index in [1.54, 1.807) is 0 Å². The van der Waals surface area contributed by atoms with Crippen molar-refractivity contribution in [1.82, 2.24) is 5.32 Å². The third-order valence-corrected chi connectivity index (χ3v) is 4.73. The minimum absolute atomic E-state index is 0.415. The van der Waals surface area contributed by atoms with Crippen LogP contribution in [0.4, 0.5) is 0 Å². The summed E-state index contributed by atoms with van der Waals surface area (Å²) in [6, 6.07) is 6.86. The van der Waals surface area contributed by atoms with Crippen LogP contribution in [-0.4, -0.2) is 25.5 Å².